The molecule has 0 bridgehead atoms. The van der Waals surface area contributed by atoms with Gasteiger partial charge in [0.1, 0.15) is 0 Å². The molecule has 1 aromatic carbocycles. The van der Waals surface area contributed by atoms with E-state index in [9.17, 15) is 0 Å². The van der Waals surface area contributed by atoms with Gasteiger partial charge in [0.05, 0.1) is 6.04 Å². The van der Waals surface area contributed by atoms with Crippen LogP contribution in [-0.2, 0) is 0 Å². The maximum absolute atomic E-state index is 5.78. The second kappa shape index (κ2) is 6.17. The molecule has 0 saturated heterocycles. The number of hydrazine groups is 1. The van der Waals surface area contributed by atoms with E-state index in [-0.39, 0.29) is 6.04 Å². The van der Waals surface area contributed by atoms with Crippen molar-refractivity contribution in [1.82, 2.24) is 5.43 Å². The lowest BCUT2D eigenvalue weighted by Crippen LogP contribution is -2.29. The zero-order valence-electron chi connectivity index (χ0n) is 11.5. The van der Waals surface area contributed by atoms with Crippen molar-refractivity contribution in [1.29, 1.82) is 0 Å². The highest BCUT2D eigenvalue weighted by molar-refractivity contribution is 5.35. The van der Waals surface area contributed by atoms with Crippen LogP contribution in [0.4, 0.5) is 0 Å². The molecule has 0 fully saturated rings. The van der Waals surface area contributed by atoms with E-state index in [0.717, 1.165) is 0 Å². The van der Waals surface area contributed by atoms with E-state index in [1.807, 2.05) is 0 Å². The molecule has 0 radical (unpaired) electrons. The molecule has 1 aliphatic carbocycles. The summed E-state index contributed by atoms with van der Waals surface area (Å²) in [6.07, 6.45) is 8.68. The van der Waals surface area contributed by atoms with Crippen LogP contribution in [0.15, 0.2) is 29.8 Å². The fourth-order valence-corrected chi connectivity index (χ4v) is 2.66. The predicted molar refractivity (Wildman–Crippen MR) is 77.1 cm³/mol. The van der Waals surface area contributed by atoms with E-state index in [0.29, 0.717) is 0 Å². The predicted octanol–water partition coefficient (Wildman–Crippen LogP) is 3.70. The van der Waals surface area contributed by atoms with Gasteiger partial charge in [-0.05, 0) is 56.2 Å². The van der Waals surface area contributed by atoms with Gasteiger partial charge in [0, 0.05) is 0 Å². The van der Waals surface area contributed by atoms with Crippen LogP contribution < -0.4 is 11.3 Å². The normalized spacial score (nSPS) is 18.1. The molecule has 1 unspecified atom stereocenters. The second-order valence-corrected chi connectivity index (χ2v) is 5.32. The van der Waals surface area contributed by atoms with Crippen LogP contribution in [-0.4, -0.2) is 0 Å². The van der Waals surface area contributed by atoms with Gasteiger partial charge < -0.3 is 0 Å². The lowest BCUT2D eigenvalue weighted by atomic mass is 9.93. The quantitative estimate of drug-likeness (QED) is 0.483. The zero-order chi connectivity index (χ0) is 13.0. The highest BCUT2D eigenvalue weighted by Gasteiger charge is 2.16. The Morgan fingerprint density at radius 3 is 2.67 bits per heavy atom. The summed E-state index contributed by atoms with van der Waals surface area (Å²) in [4.78, 5) is 0. The van der Waals surface area contributed by atoms with Gasteiger partial charge in [0.25, 0.3) is 0 Å². The van der Waals surface area contributed by atoms with Gasteiger partial charge in [0.15, 0.2) is 0 Å². The molecule has 2 heteroatoms. The van der Waals surface area contributed by atoms with Crippen molar-refractivity contribution < 1.29 is 0 Å². The summed E-state index contributed by atoms with van der Waals surface area (Å²) in [6, 6.07) is 6.82. The molecule has 1 aliphatic rings. The molecule has 0 aliphatic heterocycles. The number of benzene rings is 1. The van der Waals surface area contributed by atoms with E-state index in [1.54, 1.807) is 0 Å². The zero-order valence-corrected chi connectivity index (χ0v) is 11.5. The Bertz CT molecular complexity index is 435. The third-order valence-corrected chi connectivity index (χ3v) is 3.98. The molecule has 0 aromatic heterocycles. The topological polar surface area (TPSA) is 38.0 Å². The van der Waals surface area contributed by atoms with Crippen LogP contribution >= 0.6 is 0 Å². The Labute approximate surface area is 110 Å². The standard InChI is InChI=1S/C16H24N2/c1-12-9-10-15(11-13(12)2)16(18-17)14-7-5-3-4-6-8-14/h7,9-11,16,18H,3-6,8,17H2,1-2H3. The van der Waals surface area contributed by atoms with E-state index in [1.165, 1.54) is 54.4 Å². The van der Waals surface area contributed by atoms with Crippen molar-refractivity contribution in [3.63, 3.8) is 0 Å². The van der Waals surface area contributed by atoms with Crippen LogP contribution in [0.25, 0.3) is 0 Å². The fourth-order valence-electron chi connectivity index (χ4n) is 2.66. The molecule has 18 heavy (non-hydrogen) atoms. The molecule has 0 spiro atoms. The Morgan fingerprint density at radius 2 is 1.94 bits per heavy atom. The lowest BCUT2D eigenvalue weighted by molar-refractivity contribution is 0.592. The van der Waals surface area contributed by atoms with Crippen molar-refractivity contribution in [2.75, 3.05) is 0 Å². The second-order valence-electron chi connectivity index (χ2n) is 5.32. The summed E-state index contributed by atoms with van der Waals surface area (Å²) in [7, 11) is 0. The summed E-state index contributed by atoms with van der Waals surface area (Å²) >= 11 is 0. The van der Waals surface area contributed by atoms with Crippen LogP contribution in [0.3, 0.4) is 0 Å². The van der Waals surface area contributed by atoms with Crippen LogP contribution in [0.5, 0.6) is 0 Å². The van der Waals surface area contributed by atoms with Gasteiger partial charge in [-0.2, -0.15) is 0 Å². The maximum atomic E-state index is 5.78. The lowest BCUT2D eigenvalue weighted by Gasteiger charge is -2.20. The van der Waals surface area contributed by atoms with Crippen LogP contribution in [0.2, 0.25) is 0 Å². The minimum atomic E-state index is 0.183. The van der Waals surface area contributed by atoms with E-state index >= 15 is 0 Å². The number of nitrogens with two attached hydrogens (primary N) is 1. The first-order valence-corrected chi connectivity index (χ1v) is 6.94. The number of aryl methyl sites for hydroxylation is 2. The summed E-state index contributed by atoms with van der Waals surface area (Å²) in [5.74, 6) is 5.78. The average molecular weight is 244 g/mol. The van der Waals surface area contributed by atoms with Crippen molar-refractivity contribution in [3.05, 3.63) is 46.5 Å². The molecule has 0 saturated carbocycles. The van der Waals surface area contributed by atoms with Crippen molar-refractivity contribution in [2.24, 2.45) is 5.84 Å². The summed E-state index contributed by atoms with van der Waals surface area (Å²) in [6.45, 7) is 4.31. The van der Waals surface area contributed by atoms with Crippen molar-refractivity contribution >= 4 is 0 Å². The molecular formula is C16H24N2. The molecule has 1 aromatic rings. The Morgan fingerprint density at radius 1 is 1.11 bits per heavy atom. The van der Waals surface area contributed by atoms with Gasteiger partial charge in [-0.15, -0.1) is 0 Å². The molecule has 2 nitrogen and oxygen atoms in total. The number of rotatable bonds is 3. The highest BCUT2D eigenvalue weighted by Crippen LogP contribution is 2.29. The van der Waals surface area contributed by atoms with Crippen LogP contribution in [0.1, 0.15) is 54.8 Å². The third kappa shape index (κ3) is 3.01. The first kappa shape index (κ1) is 13.3. The third-order valence-electron chi connectivity index (χ3n) is 3.98. The summed E-state index contributed by atoms with van der Waals surface area (Å²) < 4.78 is 0. The number of hydrogen-bond donors (Lipinski definition) is 2. The first-order valence-electron chi connectivity index (χ1n) is 6.94. The Kier molecular flexibility index (Phi) is 4.56. The summed E-state index contributed by atoms with van der Waals surface area (Å²) in [5, 5.41) is 0. The van der Waals surface area contributed by atoms with Gasteiger partial charge in [-0.3, -0.25) is 5.84 Å². The number of nitrogens with one attached hydrogen (secondary N) is 1. The minimum absolute atomic E-state index is 0.183. The fraction of sp³-hybridized carbons (Fsp3) is 0.500. The SMILES string of the molecule is Cc1ccc(C(NN)C2=CCCCCC2)cc1C. The van der Waals surface area contributed by atoms with Crippen LogP contribution in [0, 0.1) is 13.8 Å². The van der Waals surface area contributed by atoms with E-state index < -0.39 is 0 Å². The average Bonchev–Trinajstić information content (AvgIpc) is 2.64. The molecular weight excluding hydrogens is 220 g/mol. The highest BCUT2D eigenvalue weighted by atomic mass is 15.2. The van der Waals surface area contributed by atoms with Gasteiger partial charge in [0.2, 0.25) is 0 Å². The van der Waals surface area contributed by atoms with Gasteiger partial charge in [-0.1, -0.05) is 36.3 Å². The Balaban J connectivity index is 2.26. The monoisotopic (exact) mass is 244 g/mol. The number of allylic oxidation sites excluding steroid dienone is 1. The maximum Gasteiger partial charge on any atom is 0.0670 e. The number of hydrogen-bond acceptors (Lipinski definition) is 2. The summed E-state index contributed by atoms with van der Waals surface area (Å²) in [5.41, 5.74) is 8.41. The molecule has 0 amide bonds. The van der Waals surface area contributed by atoms with Crippen molar-refractivity contribution in [3.8, 4) is 0 Å². The largest absolute Gasteiger partial charge is 0.271 e. The smallest absolute Gasteiger partial charge is 0.0670 e. The molecule has 2 rings (SSSR count). The Hall–Kier alpha value is -1.12. The van der Waals surface area contributed by atoms with E-state index in [4.69, 9.17) is 5.84 Å². The first-order chi connectivity index (χ1) is 8.72. The van der Waals surface area contributed by atoms with Crippen molar-refractivity contribution in [2.45, 2.75) is 52.0 Å². The molecule has 0 heterocycles. The van der Waals surface area contributed by atoms with Gasteiger partial charge >= 0.3 is 0 Å². The van der Waals surface area contributed by atoms with E-state index in [2.05, 4.69) is 43.5 Å². The van der Waals surface area contributed by atoms with Gasteiger partial charge in [-0.25, -0.2) is 5.43 Å². The molecule has 98 valence electrons. The minimum Gasteiger partial charge on any atom is -0.271 e. The molecule has 1 atom stereocenters. The molecule has 3 N–H and O–H groups in total.